The molecule has 1 heterocycles. The third-order valence-corrected chi connectivity index (χ3v) is 5.39. The Labute approximate surface area is 187 Å². The number of para-hydroxylation sites is 2. The van der Waals surface area contributed by atoms with Gasteiger partial charge in [0, 0.05) is 15.8 Å². The molecule has 0 aliphatic carbocycles. The topological polar surface area (TPSA) is 80.2 Å². The quantitative estimate of drug-likeness (QED) is 0.444. The predicted octanol–water partition coefficient (Wildman–Crippen LogP) is 4.22. The summed E-state index contributed by atoms with van der Waals surface area (Å²) in [5, 5.41) is 7.06. The molecule has 0 bridgehead atoms. The Morgan fingerprint density at radius 3 is 2.10 bits per heavy atom. The van der Waals surface area contributed by atoms with Crippen LogP contribution in [0.25, 0.3) is 21.8 Å². The third-order valence-electron chi connectivity index (χ3n) is 4.83. The van der Waals surface area contributed by atoms with Crippen molar-refractivity contribution < 1.29 is 9.59 Å². The van der Waals surface area contributed by atoms with Crippen molar-refractivity contribution >= 4 is 62.5 Å². The fourth-order valence-electron chi connectivity index (χ4n) is 3.41. The molecule has 6 nitrogen and oxygen atoms in total. The lowest BCUT2D eigenvalue weighted by molar-refractivity contribution is -0.124. The highest BCUT2D eigenvalue weighted by Gasteiger charge is 2.14. The number of benzene rings is 3. The average Bonchev–Trinajstić information content (AvgIpc) is 2.78. The average molecular weight is 454 g/mol. The lowest BCUT2D eigenvalue weighted by atomic mass is 10.1. The van der Waals surface area contributed by atoms with Gasteiger partial charge in [-0.05, 0) is 42.5 Å². The van der Waals surface area contributed by atoms with Crippen LogP contribution in [0.15, 0.2) is 71.5 Å². The number of amides is 2. The maximum Gasteiger partial charge on any atom is 0.243 e. The molecular weight excluding hydrogens is 437 g/mol. The molecule has 0 atom stereocenters. The SMILES string of the molecule is O=C(Cn1c2ccccc2c(=O)c2ccccc21)NCC(=O)Nc1cc(Cl)ccc1Cl. The van der Waals surface area contributed by atoms with Gasteiger partial charge in [0.25, 0.3) is 0 Å². The Kier molecular flexibility index (Phi) is 5.93. The minimum atomic E-state index is -0.438. The molecule has 1 aromatic heterocycles. The van der Waals surface area contributed by atoms with Gasteiger partial charge in [-0.3, -0.25) is 14.4 Å². The number of carbonyl (C=O) groups excluding carboxylic acids is 2. The van der Waals surface area contributed by atoms with Crippen LogP contribution in [0, 0.1) is 0 Å². The molecule has 0 radical (unpaired) electrons. The minimum absolute atomic E-state index is 0.0491. The number of pyridine rings is 1. The molecule has 0 aliphatic rings. The number of carbonyl (C=O) groups is 2. The summed E-state index contributed by atoms with van der Waals surface area (Å²) in [6, 6.07) is 19.0. The molecule has 4 rings (SSSR count). The minimum Gasteiger partial charge on any atom is -0.345 e. The van der Waals surface area contributed by atoms with Crippen LogP contribution in [0.1, 0.15) is 0 Å². The first-order valence-corrected chi connectivity index (χ1v) is 10.2. The number of nitrogens with zero attached hydrogens (tertiary/aromatic N) is 1. The zero-order valence-corrected chi connectivity index (χ0v) is 17.7. The smallest absolute Gasteiger partial charge is 0.243 e. The van der Waals surface area contributed by atoms with Crippen LogP contribution in [0.3, 0.4) is 0 Å². The van der Waals surface area contributed by atoms with Crippen LogP contribution >= 0.6 is 23.2 Å². The number of halogens is 2. The van der Waals surface area contributed by atoms with Crippen molar-refractivity contribution in [1.29, 1.82) is 0 Å². The van der Waals surface area contributed by atoms with E-state index in [0.717, 1.165) is 0 Å². The molecular formula is C23H17Cl2N3O3. The monoisotopic (exact) mass is 453 g/mol. The molecule has 0 saturated carbocycles. The highest BCUT2D eigenvalue weighted by Crippen LogP contribution is 2.25. The second kappa shape index (κ2) is 8.79. The van der Waals surface area contributed by atoms with Gasteiger partial charge in [0.1, 0.15) is 6.54 Å². The number of rotatable bonds is 5. The first-order chi connectivity index (χ1) is 14.9. The fourth-order valence-corrected chi connectivity index (χ4v) is 3.75. The van der Waals surface area contributed by atoms with Gasteiger partial charge >= 0.3 is 0 Å². The number of aromatic nitrogens is 1. The van der Waals surface area contributed by atoms with Gasteiger partial charge in [-0.15, -0.1) is 0 Å². The first kappa shape index (κ1) is 20.9. The van der Waals surface area contributed by atoms with Crippen LogP contribution in [0.2, 0.25) is 10.0 Å². The van der Waals surface area contributed by atoms with E-state index in [1.54, 1.807) is 53.1 Å². The number of fused-ring (bicyclic) bond motifs is 2. The highest BCUT2D eigenvalue weighted by molar-refractivity contribution is 6.35. The van der Waals surface area contributed by atoms with E-state index in [0.29, 0.717) is 37.5 Å². The number of anilines is 1. The zero-order chi connectivity index (χ0) is 22.0. The summed E-state index contributed by atoms with van der Waals surface area (Å²) in [6.45, 7) is -0.287. The normalized spacial score (nSPS) is 10.9. The lowest BCUT2D eigenvalue weighted by Crippen LogP contribution is -2.35. The Bertz CT molecular complexity index is 1320. The summed E-state index contributed by atoms with van der Waals surface area (Å²) in [6.07, 6.45) is 0. The van der Waals surface area contributed by atoms with E-state index in [-0.39, 0.29) is 24.4 Å². The summed E-state index contributed by atoms with van der Waals surface area (Å²) < 4.78 is 1.77. The van der Waals surface area contributed by atoms with Crippen molar-refractivity contribution in [2.75, 3.05) is 11.9 Å². The van der Waals surface area contributed by atoms with E-state index >= 15 is 0 Å². The molecule has 3 aromatic carbocycles. The van der Waals surface area contributed by atoms with Crippen molar-refractivity contribution in [1.82, 2.24) is 9.88 Å². The number of nitrogens with one attached hydrogen (secondary N) is 2. The van der Waals surface area contributed by atoms with Gasteiger partial charge in [-0.1, -0.05) is 47.5 Å². The summed E-state index contributed by atoms with van der Waals surface area (Å²) in [5.74, 6) is -0.807. The maximum absolute atomic E-state index is 12.8. The van der Waals surface area contributed by atoms with E-state index in [1.807, 2.05) is 12.1 Å². The van der Waals surface area contributed by atoms with Gasteiger partial charge in [0.2, 0.25) is 11.8 Å². The molecule has 0 unspecified atom stereocenters. The van der Waals surface area contributed by atoms with E-state index in [9.17, 15) is 14.4 Å². The molecule has 0 aliphatic heterocycles. The van der Waals surface area contributed by atoms with Crippen LogP contribution < -0.4 is 16.1 Å². The largest absolute Gasteiger partial charge is 0.345 e. The molecule has 4 aromatic rings. The van der Waals surface area contributed by atoms with Gasteiger partial charge in [0.05, 0.1) is 28.3 Å². The van der Waals surface area contributed by atoms with Crippen LogP contribution in [0.5, 0.6) is 0 Å². The summed E-state index contributed by atoms with van der Waals surface area (Å²) in [5.41, 5.74) is 1.58. The Morgan fingerprint density at radius 1 is 0.839 bits per heavy atom. The van der Waals surface area contributed by atoms with Crippen molar-refractivity contribution in [3.05, 3.63) is 87.0 Å². The van der Waals surface area contributed by atoms with E-state index < -0.39 is 5.91 Å². The zero-order valence-electron chi connectivity index (χ0n) is 16.2. The number of hydrogen-bond acceptors (Lipinski definition) is 3. The number of hydrogen-bond donors (Lipinski definition) is 2. The van der Waals surface area contributed by atoms with Gasteiger partial charge in [-0.25, -0.2) is 0 Å². The second-order valence-corrected chi connectivity index (χ2v) is 7.74. The molecule has 0 fully saturated rings. The second-order valence-electron chi connectivity index (χ2n) is 6.90. The highest BCUT2D eigenvalue weighted by atomic mass is 35.5. The Morgan fingerprint density at radius 2 is 1.45 bits per heavy atom. The van der Waals surface area contributed by atoms with E-state index in [1.165, 1.54) is 6.07 Å². The molecule has 8 heteroatoms. The standard InChI is InChI=1S/C23H17Cl2N3O3/c24-14-9-10-17(25)18(11-14)27-21(29)12-26-22(30)13-28-19-7-3-1-5-15(19)23(31)16-6-2-4-8-20(16)28/h1-11H,12-13H2,(H,26,30)(H,27,29). The van der Waals surface area contributed by atoms with Crippen LogP contribution in [0.4, 0.5) is 5.69 Å². The summed E-state index contributed by atoms with van der Waals surface area (Å²) in [4.78, 5) is 37.6. The van der Waals surface area contributed by atoms with Gasteiger partial charge in [0.15, 0.2) is 5.43 Å². The predicted molar refractivity (Wildman–Crippen MR) is 124 cm³/mol. The van der Waals surface area contributed by atoms with Crippen molar-refractivity contribution in [2.45, 2.75) is 6.54 Å². The van der Waals surface area contributed by atoms with Crippen molar-refractivity contribution in [3.63, 3.8) is 0 Å². The fraction of sp³-hybridized carbons (Fsp3) is 0.0870. The molecule has 2 amide bonds. The van der Waals surface area contributed by atoms with Crippen molar-refractivity contribution in [3.8, 4) is 0 Å². The molecule has 2 N–H and O–H groups in total. The summed E-state index contributed by atoms with van der Waals surface area (Å²) in [7, 11) is 0. The molecule has 0 saturated heterocycles. The maximum atomic E-state index is 12.8. The van der Waals surface area contributed by atoms with Crippen molar-refractivity contribution in [2.24, 2.45) is 0 Å². The van der Waals surface area contributed by atoms with Gasteiger partial charge in [-0.2, -0.15) is 0 Å². The Balaban J connectivity index is 1.53. The van der Waals surface area contributed by atoms with E-state index in [4.69, 9.17) is 23.2 Å². The molecule has 0 spiro atoms. The Hall–Kier alpha value is -3.35. The molecule has 156 valence electrons. The lowest BCUT2D eigenvalue weighted by Gasteiger charge is -2.15. The molecule has 31 heavy (non-hydrogen) atoms. The third kappa shape index (κ3) is 4.40. The van der Waals surface area contributed by atoms with Crippen LogP contribution in [-0.4, -0.2) is 22.9 Å². The summed E-state index contributed by atoms with van der Waals surface area (Å²) >= 11 is 12.0. The van der Waals surface area contributed by atoms with Crippen LogP contribution in [-0.2, 0) is 16.1 Å². The van der Waals surface area contributed by atoms with E-state index in [2.05, 4.69) is 10.6 Å². The first-order valence-electron chi connectivity index (χ1n) is 9.46. The van der Waals surface area contributed by atoms with Gasteiger partial charge < -0.3 is 15.2 Å².